The van der Waals surface area contributed by atoms with Crippen molar-refractivity contribution in [3.63, 3.8) is 0 Å². The Bertz CT molecular complexity index is 368. The molecule has 0 bridgehead atoms. The predicted molar refractivity (Wildman–Crippen MR) is 57.9 cm³/mol. The minimum Gasteiger partial charge on any atom is -0.492 e. The molecule has 1 aromatic rings. The smallest absolute Gasteiger partial charge is 0.127 e. The number of rotatable bonds is 4. The molecule has 0 saturated heterocycles. The van der Waals surface area contributed by atoms with E-state index in [2.05, 4.69) is 5.92 Å². The summed E-state index contributed by atoms with van der Waals surface area (Å²) in [4.78, 5) is 0. The number of hydrogen-bond donors (Lipinski definition) is 1. The summed E-state index contributed by atoms with van der Waals surface area (Å²) in [6, 6.07) is 4.14. The Balaban J connectivity index is 2.83. The summed E-state index contributed by atoms with van der Waals surface area (Å²) in [5.41, 5.74) is 6.51. The molecule has 0 heterocycles. The summed E-state index contributed by atoms with van der Waals surface area (Å²) in [5.74, 6) is 2.59. The first-order valence-corrected chi connectivity index (χ1v) is 4.76. The molecule has 2 nitrogen and oxygen atoms in total. The van der Waals surface area contributed by atoms with Crippen molar-refractivity contribution < 1.29 is 9.13 Å². The van der Waals surface area contributed by atoms with Gasteiger partial charge in [0.1, 0.15) is 11.6 Å². The van der Waals surface area contributed by atoms with Gasteiger partial charge in [-0.25, -0.2) is 4.39 Å². The van der Waals surface area contributed by atoms with E-state index < -0.39 is 0 Å². The molecule has 0 aliphatic carbocycles. The zero-order valence-electron chi connectivity index (χ0n) is 8.66. The third-order valence-electron chi connectivity index (χ3n) is 1.97. The molecule has 1 unspecified atom stereocenters. The summed E-state index contributed by atoms with van der Waals surface area (Å²) < 4.78 is 18.3. The lowest BCUT2D eigenvalue weighted by Gasteiger charge is -2.13. The van der Waals surface area contributed by atoms with Crippen molar-refractivity contribution in [3.05, 3.63) is 29.6 Å². The monoisotopic (exact) mass is 207 g/mol. The van der Waals surface area contributed by atoms with Crippen LogP contribution >= 0.6 is 0 Å². The van der Waals surface area contributed by atoms with Crippen molar-refractivity contribution in [2.24, 2.45) is 5.73 Å². The maximum Gasteiger partial charge on any atom is 0.127 e. The van der Waals surface area contributed by atoms with E-state index in [4.69, 9.17) is 16.9 Å². The first-order chi connectivity index (χ1) is 7.15. The Kier molecular flexibility index (Phi) is 4.14. The highest BCUT2D eigenvalue weighted by molar-refractivity contribution is 5.36. The molecule has 0 aliphatic rings. The molecule has 1 rings (SSSR count). The van der Waals surface area contributed by atoms with Gasteiger partial charge in [-0.1, -0.05) is 6.07 Å². The molecular weight excluding hydrogens is 193 g/mol. The highest BCUT2D eigenvalue weighted by atomic mass is 19.1. The highest BCUT2D eigenvalue weighted by Crippen LogP contribution is 2.24. The van der Waals surface area contributed by atoms with Gasteiger partial charge in [-0.05, 0) is 13.0 Å². The van der Waals surface area contributed by atoms with E-state index in [1.54, 1.807) is 6.07 Å². The van der Waals surface area contributed by atoms with Crippen LogP contribution in [0.4, 0.5) is 4.39 Å². The van der Waals surface area contributed by atoms with E-state index in [0.29, 0.717) is 18.8 Å². The first-order valence-electron chi connectivity index (χ1n) is 4.76. The van der Waals surface area contributed by atoms with Crippen LogP contribution in [0.3, 0.4) is 0 Å². The third-order valence-corrected chi connectivity index (χ3v) is 1.97. The van der Waals surface area contributed by atoms with Gasteiger partial charge in [0.15, 0.2) is 0 Å². The summed E-state index contributed by atoms with van der Waals surface area (Å²) in [5, 5.41) is 0. The molecule has 0 fully saturated rings. The SMILES string of the molecule is C#CCCOc1cc(F)ccc1C(C)N. The molecule has 15 heavy (non-hydrogen) atoms. The third kappa shape index (κ3) is 3.26. The van der Waals surface area contributed by atoms with Gasteiger partial charge in [-0.2, -0.15) is 0 Å². The van der Waals surface area contributed by atoms with Crippen LogP contribution < -0.4 is 10.5 Å². The molecule has 3 heteroatoms. The largest absolute Gasteiger partial charge is 0.492 e. The van der Waals surface area contributed by atoms with E-state index in [0.717, 1.165) is 5.56 Å². The Morgan fingerprint density at radius 1 is 1.60 bits per heavy atom. The second-order valence-electron chi connectivity index (χ2n) is 3.27. The fraction of sp³-hybridized carbons (Fsp3) is 0.333. The minimum atomic E-state index is -0.338. The minimum absolute atomic E-state index is 0.188. The van der Waals surface area contributed by atoms with Crippen LogP contribution in [0, 0.1) is 18.2 Å². The lowest BCUT2D eigenvalue weighted by atomic mass is 10.1. The topological polar surface area (TPSA) is 35.2 Å². The Labute approximate surface area is 89.2 Å². The number of terminal acetylenes is 1. The molecule has 1 aromatic carbocycles. The average Bonchev–Trinajstić information content (AvgIpc) is 2.18. The molecule has 0 saturated carbocycles. The van der Waals surface area contributed by atoms with E-state index in [1.807, 2.05) is 6.92 Å². The summed E-state index contributed by atoms with van der Waals surface area (Å²) in [6.07, 6.45) is 5.59. The fourth-order valence-electron chi connectivity index (χ4n) is 1.23. The standard InChI is InChI=1S/C12H14FNO/c1-3-4-7-15-12-8-10(13)5-6-11(12)9(2)14/h1,5-6,8-9H,4,7,14H2,2H3. The normalized spacial score (nSPS) is 11.9. The maximum absolute atomic E-state index is 13.0. The quantitative estimate of drug-likeness (QED) is 0.607. The first kappa shape index (κ1) is 11.5. The summed E-state index contributed by atoms with van der Waals surface area (Å²) >= 11 is 0. The Morgan fingerprint density at radius 2 is 2.33 bits per heavy atom. The van der Waals surface area contributed by atoms with Crippen LogP contribution in [0.25, 0.3) is 0 Å². The number of benzene rings is 1. The summed E-state index contributed by atoms with van der Waals surface area (Å²) in [6.45, 7) is 2.20. The van der Waals surface area contributed by atoms with Crippen LogP contribution in [0.2, 0.25) is 0 Å². The Morgan fingerprint density at radius 3 is 2.93 bits per heavy atom. The van der Waals surface area contributed by atoms with E-state index in [9.17, 15) is 4.39 Å². The van der Waals surface area contributed by atoms with Crippen molar-refractivity contribution in [1.82, 2.24) is 0 Å². The van der Waals surface area contributed by atoms with Gasteiger partial charge in [0.25, 0.3) is 0 Å². The lowest BCUT2D eigenvalue weighted by molar-refractivity contribution is 0.320. The van der Waals surface area contributed by atoms with Crippen molar-refractivity contribution in [2.45, 2.75) is 19.4 Å². The zero-order valence-corrected chi connectivity index (χ0v) is 8.66. The fourth-order valence-corrected chi connectivity index (χ4v) is 1.23. The maximum atomic E-state index is 13.0. The van der Waals surface area contributed by atoms with Crippen LogP contribution in [0.5, 0.6) is 5.75 Å². The van der Waals surface area contributed by atoms with Crippen LogP contribution in [0.1, 0.15) is 24.9 Å². The average molecular weight is 207 g/mol. The van der Waals surface area contributed by atoms with E-state index >= 15 is 0 Å². The van der Waals surface area contributed by atoms with Gasteiger partial charge in [0.2, 0.25) is 0 Å². The van der Waals surface area contributed by atoms with Crippen molar-refractivity contribution in [3.8, 4) is 18.1 Å². The second-order valence-corrected chi connectivity index (χ2v) is 3.27. The van der Waals surface area contributed by atoms with Gasteiger partial charge < -0.3 is 10.5 Å². The van der Waals surface area contributed by atoms with Gasteiger partial charge in [-0.15, -0.1) is 12.3 Å². The molecule has 1 atom stereocenters. The lowest BCUT2D eigenvalue weighted by Crippen LogP contribution is -2.08. The van der Waals surface area contributed by atoms with Crippen LogP contribution in [0.15, 0.2) is 18.2 Å². The van der Waals surface area contributed by atoms with Gasteiger partial charge >= 0.3 is 0 Å². The molecule has 0 aliphatic heterocycles. The van der Waals surface area contributed by atoms with Gasteiger partial charge in [-0.3, -0.25) is 0 Å². The van der Waals surface area contributed by atoms with Crippen molar-refractivity contribution in [2.75, 3.05) is 6.61 Å². The highest BCUT2D eigenvalue weighted by Gasteiger charge is 2.08. The molecule has 0 radical (unpaired) electrons. The number of hydrogen-bond acceptors (Lipinski definition) is 2. The molecule has 0 spiro atoms. The molecular formula is C12H14FNO. The zero-order chi connectivity index (χ0) is 11.3. The van der Waals surface area contributed by atoms with Crippen molar-refractivity contribution in [1.29, 1.82) is 0 Å². The molecule has 0 amide bonds. The van der Waals surface area contributed by atoms with E-state index in [-0.39, 0.29) is 11.9 Å². The Hall–Kier alpha value is -1.53. The molecule has 80 valence electrons. The second kappa shape index (κ2) is 5.38. The van der Waals surface area contributed by atoms with E-state index in [1.165, 1.54) is 12.1 Å². The van der Waals surface area contributed by atoms with Gasteiger partial charge in [0.05, 0.1) is 6.61 Å². The number of ether oxygens (including phenoxy) is 1. The number of nitrogens with two attached hydrogens (primary N) is 1. The van der Waals surface area contributed by atoms with Crippen molar-refractivity contribution >= 4 is 0 Å². The molecule has 0 aromatic heterocycles. The number of halogens is 1. The van der Waals surface area contributed by atoms with Crippen LogP contribution in [-0.2, 0) is 0 Å². The summed E-state index contributed by atoms with van der Waals surface area (Å²) in [7, 11) is 0. The van der Waals surface area contributed by atoms with Crippen LogP contribution in [-0.4, -0.2) is 6.61 Å². The van der Waals surface area contributed by atoms with Gasteiger partial charge in [0, 0.05) is 24.1 Å². The molecule has 2 N–H and O–H groups in total. The predicted octanol–water partition coefficient (Wildman–Crippen LogP) is 2.25.